The fourth-order valence-corrected chi connectivity index (χ4v) is 2.88. The van der Waals surface area contributed by atoms with Crippen molar-refractivity contribution in [3.8, 4) is 5.75 Å². The monoisotopic (exact) mass is 365 g/mol. The number of ether oxygens (including phenoxy) is 3. The van der Waals surface area contributed by atoms with Gasteiger partial charge in [-0.05, 0) is 44.4 Å². The second kappa shape index (κ2) is 9.70. The van der Waals surface area contributed by atoms with Crippen molar-refractivity contribution in [3.05, 3.63) is 29.8 Å². The van der Waals surface area contributed by atoms with E-state index in [2.05, 4.69) is 30.9 Å². The van der Waals surface area contributed by atoms with Crippen LogP contribution in [0, 0.1) is 0 Å². The van der Waals surface area contributed by atoms with Crippen molar-refractivity contribution in [2.75, 3.05) is 39.5 Å². The van der Waals surface area contributed by atoms with Crippen molar-refractivity contribution >= 4 is 0 Å². The van der Waals surface area contributed by atoms with E-state index in [0.29, 0.717) is 32.3 Å². The Morgan fingerprint density at radius 1 is 1.23 bits per heavy atom. The highest BCUT2D eigenvalue weighted by Crippen LogP contribution is 2.19. The number of rotatable bonds is 8. The minimum Gasteiger partial charge on any atom is -0.491 e. The molecule has 2 rings (SSSR count). The van der Waals surface area contributed by atoms with Gasteiger partial charge in [0.05, 0.1) is 24.9 Å². The minimum atomic E-state index is -0.488. The SMILES string of the molecule is CC(C)c1ccc(OCC2CN(CC(O)COC(C)(C)C)CCO2)cc1. The Labute approximate surface area is 158 Å². The van der Waals surface area contributed by atoms with Crippen LogP contribution in [-0.2, 0) is 9.47 Å². The molecule has 0 aromatic heterocycles. The average molecular weight is 366 g/mol. The predicted molar refractivity (Wildman–Crippen MR) is 104 cm³/mol. The van der Waals surface area contributed by atoms with Gasteiger partial charge in [0, 0.05) is 19.6 Å². The van der Waals surface area contributed by atoms with Gasteiger partial charge in [0.1, 0.15) is 18.5 Å². The molecule has 1 heterocycles. The summed E-state index contributed by atoms with van der Waals surface area (Å²) in [4.78, 5) is 2.22. The van der Waals surface area contributed by atoms with Crippen LogP contribution in [-0.4, -0.2) is 67.3 Å². The molecular weight excluding hydrogens is 330 g/mol. The fraction of sp³-hybridized carbons (Fsp3) is 0.714. The lowest BCUT2D eigenvalue weighted by Crippen LogP contribution is -2.48. The molecule has 0 amide bonds. The van der Waals surface area contributed by atoms with Gasteiger partial charge in [-0.3, -0.25) is 4.90 Å². The first-order valence-corrected chi connectivity index (χ1v) is 9.61. The van der Waals surface area contributed by atoms with E-state index in [-0.39, 0.29) is 11.7 Å². The van der Waals surface area contributed by atoms with Crippen LogP contribution in [0.4, 0.5) is 0 Å². The minimum absolute atomic E-state index is 0.0178. The zero-order valence-corrected chi connectivity index (χ0v) is 16.9. The molecule has 0 saturated carbocycles. The lowest BCUT2D eigenvalue weighted by molar-refractivity contribution is -0.0812. The molecule has 1 N–H and O–H groups in total. The molecule has 5 nitrogen and oxygen atoms in total. The molecular formula is C21H35NO4. The predicted octanol–water partition coefficient (Wildman–Crippen LogP) is 3.07. The largest absolute Gasteiger partial charge is 0.491 e. The zero-order chi connectivity index (χ0) is 19.2. The molecule has 2 unspecified atom stereocenters. The maximum Gasteiger partial charge on any atom is 0.119 e. The summed E-state index contributed by atoms with van der Waals surface area (Å²) in [6.07, 6.45) is -0.471. The van der Waals surface area contributed by atoms with Gasteiger partial charge in [0.15, 0.2) is 0 Å². The molecule has 148 valence electrons. The number of aliphatic hydroxyl groups excluding tert-OH is 1. The second-order valence-corrected chi connectivity index (χ2v) is 8.36. The van der Waals surface area contributed by atoms with Gasteiger partial charge in [-0.2, -0.15) is 0 Å². The van der Waals surface area contributed by atoms with Gasteiger partial charge in [0.2, 0.25) is 0 Å². The molecule has 1 aliphatic heterocycles. The summed E-state index contributed by atoms with van der Waals surface area (Å²) in [5, 5.41) is 10.2. The molecule has 0 spiro atoms. The number of aliphatic hydroxyl groups is 1. The summed E-state index contributed by atoms with van der Waals surface area (Å²) in [6.45, 7) is 14.1. The van der Waals surface area contributed by atoms with Crippen molar-refractivity contribution in [1.82, 2.24) is 4.90 Å². The Balaban J connectivity index is 1.73. The molecule has 1 fully saturated rings. The number of β-amino-alcohol motifs (C(OH)–C–C–N with tert-alkyl or cyclic N) is 1. The van der Waals surface area contributed by atoms with Crippen LogP contribution in [0.3, 0.4) is 0 Å². The van der Waals surface area contributed by atoms with Gasteiger partial charge in [0.25, 0.3) is 0 Å². The van der Waals surface area contributed by atoms with E-state index in [0.717, 1.165) is 18.8 Å². The van der Waals surface area contributed by atoms with Gasteiger partial charge in [-0.15, -0.1) is 0 Å². The Kier molecular flexibility index (Phi) is 7.89. The number of nitrogens with zero attached hydrogens (tertiary/aromatic N) is 1. The van der Waals surface area contributed by atoms with Gasteiger partial charge in [-0.1, -0.05) is 26.0 Å². The average Bonchev–Trinajstić information content (AvgIpc) is 2.58. The fourth-order valence-electron chi connectivity index (χ4n) is 2.88. The van der Waals surface area contributed by atoms with Crippen molar-refractivity contribution in [2.45, 2.75) is 58.3 Å². The van der Waals surface area contributed by atoms with Gasteiger partial charge >= 0.3 is 0 Å². The highest BCUT2D eigenvalue weighted by molar-refractivity contribution is 5.28. The highest BCUT2D eigenvalue weighted by atomic mass is 16.5. The van der Waals surface area contributed by atoms with E-state index in [1.54, 1.807) is 0 Å². The molecule has 26 heavy (non-hydrogen) atoms. The van der Waals surface area contributed by atoms with E-state index in [4.69, 9.17) is 14.2 Å². The summed E-state index contributed by atoms with van der Waals surface area (Å²) in [5.74, 6) is 1.39. The molecule has 1 aliphatic rings. The third-order valence-electron chi connectivity index (χ3n) is 4.38. The summed E-state index contributed by atoms with van der Waals surface area (Å²) in [6, 6.07) is 8.26. The van der Waals surface area contributed by atoms with Crippen LogP contribution in [0.25, 0.3) is 0 Å². The van der Waals surface area contributed by atoms with Crippen LogP contribution < -0.4 is 4.74 Å². The third-order valence-corrected chi connectivity index (χ3v) is 4.38. The summed E-state index contributed by atoms with van der Waals surface area (Å²) < 4.78 is 17.4. The van der Waals surface area contributed by atoms with E-state index in [9.17, 15) is 5.11 Å². The lowest BCUT2D eigenvalue weighted by atomic mass is 10.0. The van der Waals surface area contributed by atoms with Crippen LogP contribution >= 0.6 is 0 Å². The molecule has 1 saturated heterocycles. The quantitative estimate of drug-likeness (QED) is 0.767. The first-order chi connectivity index (χ1) is 12.2. The van der Waals surface area contributed by atoms with Crippen LogP contribution in [0.1, 0.15) is 46.1 Å². The maximum absolute atomic E-state index is 10.2. The summed E-state index contributed by atoms with van der Waals surface area (Å²) in [5.41, 5.74) is 1.08. The van der Waals surface area contributed by atoms with Crippen molar-refractivity contribution in [1.29, 1.82) is 0 Å². The lowest BCUT2D eigenvalue weighted by Gasteiger charge is -2.34. The van der Waals surface area contributed by atoms with E-state index >= 15 is 0 Å². The standard InChI is InChI=1S/C21H35NO4/c1-16(2)17-6-8-19(9-7-17)25-15-20-13-22(10-11-24-20)12-18(23)14-26-21(3,4)5/h6-9,16,18,20,23H,10-15H2,1-5H3. The van der Waals surface area contributed by atoms with Crippen LogP contribution in [0.2, 0.25) is 0 Å². The van der Waals surface area contributed by atoms with E-state index in [1.807, 2.05) is 32.9 Å². The zero-order valence-electron chi connectivity index (χ0n) is 16.9. The first kappa shape index (κ1) is 21.2. The van der Waals surface area contributed by atoms with Gasteiger partial charge < -0.3 is 19.3 Å². The second-order valence-electron chi connectivity index (χ2n) is 8.36. The molecule has 0 aliphatic carbocycles. The summed E-state index contributed by atoms with van der Waals surface area (Å²) in [7, 11) is 0. The first-order valence-electron chi connectivity index (χ1n) is 9.61. The Morgan fingerprint density at radius 3 is 2.54 bits per heavy atom. The number of morpholine rings is 1. The number of hydrogen-bond acceptors (Lipinski definition) is 5. The van der Waals surface area contributed by atoms with Crippen molar-refractivity contribution in [3.63, 3.8) is 0 Å². The number of benzene rings is 1. The number of hydrogen-bond donors (Lipinski definition) is 1. The summed E-state index contributed by atoms with van der Waals surface area (Å²) >= 11 is 0. The smallest absolute Gasteiger partial charge is 0.119 e. The third kappa shape index (κ3) is 7.62. The molecule has 0 radical (unpaired) electrons. The highest BCUT2D eigenvalue weighted by Gasteiger charge is 2.23. The van der Waals surface area contributed by atoms with Gasteiger partial charge in [-0.25, -0.2) is 0 Å². The molecule has 5 heteroatoms. The Hall–Kier alpha value is -1.14. The maximum atomic E-state index is 10.2. The Bertz CT molecular complexity index is 524. The normalized spacial score (nSPS) is 20.3. The Morgan fingerprint density at radius 2 is 1.92 bits per heavy atom. The van der Waals surface area contributed by atoms with Crippen molar-refractivity contribution < 1.29 is 19.3 Å². The van der Waals surface area contributed by atoms with Crippen LogP contribution in [0.15, 0.2) is 24.3 Å². The van der Waals surface area contributed by atoms with E-state index < -0.39 is 6.10 Å². The molecule has 2 atom stereocenters. The van der Waals surface area contributed by atoms with Crippen molar-refractivity contribution in [2.24, 2.45) is 0 Å². The topological polar surface area (TPSA) is 51.2 Å². The van der Waals surface area contributed by atoms with Crippen LogP contribution in [0.5, 0.6) is 5.75 Å². The molecule has 1 aromatic rings. The van der Waals surface area contributed by atoms with E-state index in [1.165, 1.54) is 5.56 Å². The molecule has 1 aromatic carbocycles. The molecule has 0 bridgehead atoms.